The highest BCUT2D eigenvalue weighted by Gasteiger charge is 2.15. The van der Waals surface area contributed by atoms with Gasteiger partial charge in [-0.15, -0.1) is 0 Å². The summed E-state index contributed by atoms with van der Waals surface area (Å²) in [4.78, 5) is 24.1. The zero-order valence-corrected chi connectivity index (χ0v) is 22.1. The monoisotopic (exact) mass is 597 g/mol. The van der Waals surface area contributed by atoms with Crippen molar-refractivity contribution in [2.75, 3.05) is 11.9 Å². The van der Waals surface area contributed by atoms with Crippen molar-refractivity contribution < 1.29 is 19.1 Å². The highest BCUT2D eigenvalue weighted by molar-refractivity contribution is 9.10. The standard InChI is InChI=1S/C24H19BrCl3N3O4/c1-2-34-21-9-14(8-19(25)22(21)35-13-15-6-7-17(27)11-20(15)28)12-29-31-24(33)23(32)30-18-5-3-4-16(26)10-18/h3-12H,2,13H2,1H3,(H,30,32)(H,31,33). The van der Waals surface area contributed by atoms with Crippen molar-refractivity contribution in [2.45, 2.75) is 13.5 Å². The van der Waals surface area contributed by atoms with E-state index in [0.717, 1.165) is 5.56 Å². The molecule has 0 atom stereocenters. The number of halogens is 4. The van der Waals surface area contributed by atoms with Gasteiger partial charge in [-0.05, 0) is 70.9 Å². The van der Waals surface area contributed by atoms with E-state index in [1.165, 1.54) is 12.3 Å². The van der Waals surface area contributed by atoms with Crippen LogP contribution >= 0.6 is 50.7 Å². The normalized spacial score (nSPS) is 10.8. The first kappa shape index (κ1) is 26.8. The second kappa shape index (κ2) is 12.8. The van der Waals surface area contributed by atoms with Gasteiger partial charge in [-0.3, -0.25) is 9.59 Å². The van der Waals surface area contributed by atoms with E-state index in [4.69, 9.17) is 44.3 Å². The highest BCUT2D eigenvalue weighted by Crippen LogP contribution is 2.37. The molecule has 182 valence electrons. The molecule has 0 saturated carbocycles. The molecular weight excluding hydrogens is 581 g/mol. The van der Waals surface area contributed by atoms with Crippen molar-refractivity contribution in [1.82, 2.24) is 5.43 Å². The number of amides is 2. The minimum atomic E-state index is -0.940. The topological polar surface area (TPSA) is 89.0 Å². The molecule has 0 saturated heterocycles. The number of hydrogen-bond donors (Lipinski definition) is 2. The van der Waals surface area contributed by atoms with E-state index in [2.05, 4.69) is 31.8 Å². The smallest absolute Gasteiger partial charge is 0.329 e. The molecule has 0 spiro atoms. The summed E-state index contributed by atoms with van der Waals surface area (Å²) in [7, 11) is 0. The molecule has 0 aromatic heterocycles. The molecule has 0 aliphatic heterocycles. The number of hydrogen-bond acceptors (Lipinski definition) is 5. The molecule has 3 rings (SSSR count). The third-order valence-corrected chi connectivity index (χ3v) is 5.80. The van der Waals surface area contributed by atoms with E-state index in [-0.39, 0.29) is 6.61 Å². The molecule has 2 N–H and O–H groups in total. The molecule has 35 heavy (non-hydrogen) atoms. The summed E-state index contributed by atoms with van der Waals surface area (Å²) in [6.07, 6.45) is 1.37. The minimum absolute atomic E-state index is 0.194. The van der Waals surface area contributed by atoms with Crippen molar-refractivity contribution in [3.8, 4) is 11.5 Å². The molecule has 0 radical (unpaired) electrons. The number of carbonyl (C=O) groups excluding carboxylic acids is 2. The average molecular weight is 600 g/mol. The van der Waals surface area contributed by atoms with Crippen LogP contribution in [0.25, 0.3) is 0 Å². The quantitative estimate of drug-likeness (QED) is 0.176. The van der Waals surface area contributed by atoms with E-state index < -0.39 is 11.8 Å². The maximum atomic E-state index is 12.0. The van der Waals surface area contributed by atoms with Crippen LogP contribution in [-0.4, -0.2) is 24.6 Å². The average Bonchev–Trinajstić information content (AvgIpc) is 2.80. The Hall–Kier alpha value is -2.78. The lowest BCUT2D eigenvalue weighted by atomic mass is 10.2. The van der Waals surface area contributed by atoms with Crippen LogP contribution in [0.2, 0.25) is 15.1 Å². The van der Waals surface area contributed by atoms with E-state index >= 15 is 0 Å². The maximum absolute atomic E-state index is 12.0. The first-order valence-electron chi connectivity index (χ1n) is 10.2. The van der Waals surface area contributed by atoms with Crippen molar-refractivity contribution in [3.05, 3.63) is 85.3 Å². The van der Waals surface area contributed by atoms with Crippen LogP contribution in [-0.2, 0) is 16.2 Å². The Balaban J connectivity index is 1.67. The van der Waals surface area contributed by atoms with Gasteiger partial charge < -0.3 is 14.8 Å². The van der Waals surface area contributed by atoms with E-state index in [0.29, 0.717) is 48.9 Å². The van der Waals surface area contributed by atoms with Gasteiger partial charge in [-0.2, -0.15) is 5.10 Å². The van der Waals surface area contributed by atoms with Crippen LogP contribution in [0.3, 0.4) is 0 Å². The highest BCUT2D eigenvalue weighted by atomic mass is 79.9. The predicted octanol–water partition coefficient (Wildman–Crippen LogP) is 6.48. The van der Waals surface area contributed by atoms with Crippen LogP contribution in [0, 0.1) is 0 Å². The van der Waals surface area contributed by atoms with Gasteiger partial charge in [-0.25, -0.2) is 5.43 Å². The minimum Gasteiger partial charge on any atom is -0.490 e. The molecule has 0 bridgehead atoms. The van der Waals surface area contributed by atoms with Crippen LogP contribution in [0.15, 0.2) is 64.2 Å². The predicted molar refractivity (Wildman–Crippen MR) is 142 cm³/mol. The number of rotatable bonds is 8. The number of benzene rings is 3. The van der Waals surface area contributed by atoms with Gasteiger partial charge >= 0.3 is 11.8 Å². The number of carbonyl (C=O) groups is 2. The van der Waals surface area contributed by atoms with Gasteiger partial charge in [0, 0.05) is 26.3 Å². The largest absolute Gasteiger partial charge is 0.490 e. The summed E-state index contributed by atoms with van der Waals surface area (Å²) in [6, 6.07) is 15.0. The molecule has 3 aromatic carbocycles. The van der Waals surface area contributed by atoms with Crippen LogP contribution in [0.4, 0.5) is 5.69 Å². The summed E-state index contributed by atoms with van der Waals surface area (Å²) in [6.45, 7) is 2.43. The van der Waals surface area contributed by atoms with Crippen molar-refractivity contribution >= 4 is 74.4 Å². The Morgan fingerprint density at radius 2 is 1.77 bits per heavy atom. The zero-order chi connectivity index (χ0) is 25.4. The van der Waals surface area contributed by atoms with Crippen molar-refractivity contribution in [3.63, 3.8) is 0 Å². The van der Waals surface area contributed by atoms with Gasteiger partial charge in [-0.1, -0.05) is 46.9 Å². The molecule has 7 nitrogen and oxygen atoms in total. The van der Waals surface area contributed by atoms with Gasteiger partial charge in [0.25, 0.3) is 0 Å². The number of hydrazone groups is 1. The molecule has 0 aliphatic carbocycles. The number of nitrogens with zero attached hydrogens (tertiary/aromatic N) is 1. The Labute approximate surface area is 225 Å². The summed E-state index contributed by atoms with van der Waals surface area (Å²) < 4.78 is 12.2. The lowest BCUT2D eigenvalue weighted by Crippen LogP contribution is -2.32. The van der Waals surface area contributed by atoms with Crippen molar-refractivity contribution in [2.24, 2.45) is 5.10 Å². The lowest BCUT2D eigenvalue weighted by molar-refractivity contribution is -0.136. The molecule has 0 heterocycles. The van der Waals surface area contributed by atoms with E-state index in [1.807, 2.05) is 6.92 Å². The third-order valence-electron chi connectivity index (χ3n) is 4.39. The van der Waals surface area contributed by atoms with Gasteiger partial charge in [0.1, 0.15) is 6.61 Å². The first-order chi connectivity index (χ1) is 16.8. The third kappa shape index (κ3) is 7.86. The summed E-state index contributed by atoms with van der Waals surface area (Å²) in [5, 5.41) is 7.74. The van der Waals surface area contributed by atoms with Crippen LogP contribution < -0.4 is 20.2 Å². The molecule has 0 aliphatic rings. The Morgan fingerprint density at radius 3 is 2.49 bits per heavy atom. The van der Waals surface area contributed by atoms with Crippen molar-refractivity contribution in [1.29, 1.82) is 0 Å². The fraction of sp³-hybridized carbons (Fsp3) is 0.125. The van der Waals surface area contributed by atoms with E-state index in [9.17, 15) is 9.59 Å². The Kier molecular flexibility index (Phi) is 9.80. The summed E-state index contributed by atoms with van der Waals surface area (Å²) in [5.41, 5.74) is 3.92. The molecule has 0 unspecified atom stereocenters. The van der Waals surface area contributed by atoms with E-state index in [1.54, 1.807) is 48.5 Å². The number of anilines is 1. The SMILES string of the molecule is CCOc1cc(C=NNC(=O)C(=O)Nc2cccc(Cl)c2)cc(Br)c1OCc1ccc(Cl)cc1Cl. The Bertz CT molecular complexity index is 1270. The van der Waals surface area contributed by atoms with Gasteiger partial charge in [0.2, 0.25) is 0 Å². The number of nitrogens with one attached hydrogen (secondary N) is 2. The molecule has 2 amide bonds. The van der Waals surface area contributed by atoms with Gasteiger partial charge in [0.05, 0.1) is 17.3 Å². The maximum Gasteiger partial charge on any atom is 0.329 e. The molecule has 11 heteroatoms. The first-order valence-corrected chi connectivity index (χ1v) is 12.1. The molecule has 0 fully saturated rings. The fourth-order valence-electron chi connectivity index (χ4n) is 2.82. The molecular formula is C24H19BrCl3N3O4. The zero-order valence-electron chi connectivity index (χ0n) is 18.3. The lowest BCUT2D eigenvalue weighted by Gasteiger charge is -2.15. The Morgan fingerprint density at radius 1 is 1.00 bits per heavy atom. The number of ether oxygens (including phenoxy) is 2. The fourth-order valence-corrected chi connectivity index (χ4v) is 4.05. The second-order valence-corrected chi connectivity index (χ2v) is 9.09. The second-order valence-electron chi connectivity index (χ2n) is 6.95. The molecule has 3 aromatic rings. The van der Waals surface area contributed by atoms with Gasteiger partial charge in [0.15, 0.2) is 11.5 Å². The van der Waals surface area contributed by atoms with Crippen LogP contribution in [0.1, 0.15) is 18.1 Å². The van der Waals surface area contributed by atoms with Crippen LogP contribution in [0.5, 0.6) is 11.5 Å². The summed E-state index contributed by atoms with van der Waals surface area (Å²) in [5.74, 6) is -0.895. The summed E-state index contributed by atoms with van der Waals surface area (Å²) >= 11 is 21.5.